The van der Waals surface area contributed by atoms with Crippen LogP contribution in [0, 0.1) is 0 Å². The Bertz CT molecular complexity index is 480. The van der Waals surface area contributed by atoms with Crippen LogP contribution in [0.1, 0.15) is 42.5 Å². The monoisotopic (exact) mass is 295 g/mol. The number of carboxylic acid groups (broad SMARTS) is 1. The molecule has 1 aliphatic rings. The molecule has 0 spiro atoms. The minimum atomic E-state index is -0.878. The number of carbonyl (C=O) groups is 2. The minimum Gasteiger partial charge on any atom is -0.481 e. The molecule has 1 fully saturated rings. The summed E-state index contributed by atoms with van der Waals surface area (Å²) in [4.78, 5) is 25.0. The first-order valence-electron chi connectivity index (χ1n) is 6.86. The second kappa shape index (κ2) is 6.75. The van der Waals surface area contributed by atoms with Gasteiger partial charge in [0.15, 0.2) is 0 Å². The fourth-order valence-electron chi connectivity index (χ4n) is 2.64. The number of benzene rings is 1. The predicted octanol–water partition coefficient (Wildman–Crippen LogP) is 3.20. The summed E-state index contributed by atoms with van der Waals surface area (Å²) in [7, 11) is 0. The predicted molar refractivity (Wildman–Crippen MR) is 77.0 cm³/mol. The second-order valence-corrected chi connectivity index (χ2v) is 5.52. The van der Waals surface area contributed by atoms with Crippen molar-refractivity contribution in [1.29, 1.82) is 0 Å². The van der Waals surface area contributed by atoms with E-state index in [4.69, 9.17) is 16.7 Å². The van der Waals surface area contributed by atoms with E-state index in [-0.39, 0.29) is 24.9 Å². The highest BCUT2D eigenvalue weighted by Gasteiger charge is 2.27. The maximum Gasteiger partial charge on any atom is 0.305 e. The third kappa shape index (κ3) is 3.73. The number of aliphatic carboxylic acids is 1. The van der Waals surface area contributed by atoms with E-state index in [2.05, 4.69) is 0 Å². The molecule has 108 valence electrons. The minimum absolute atomic E-state index is 0.0180. The van der Waals surface area contributed by atoms with Gasteiger partial charge in [0.25, 0.3) is 5.91 Å². The van der Waals surface area contributed by atoms with E-state index < -0.39 is 5.97 Å². The Morgan fingerprint density at radius 2 is 1.80 bits per heavy atom. The lowest BCUT2D eigenvalue weighted by Gasteiger charge is -2.28. The van der Waals surface area contributed by atoms with Gasteiger partial charge in [-0.15, -0.1) is 0 Å². The van der Waals surface area contributed by atoms with Gasteiger partial charge in [-0.2, -0.15) is 0 Å². The normalized spacial score (nSPS) is 15.2. The highest BCUT2D eigenvalue weighted by Crippen LogP contribution is 2.25. The summed E-state index contributed by atoms with van der Waals surface area (Å²) >= 11 is 5.82. The molecule has 0 aliphatic heterocycles. The van der Waals surface area contributed by atoms with Crippen LogP contribution in [-0.4, -0.2) is 34.5 Å². The van der Waals surface area contributed by atoms with Gasteiger partial charge in [-0.1, -0.05) is 24.4 Å². The van der Waals surface area contributed by atoms with Gasteiger partial charge in [0.05, 0.1) is 6.42 Å². The van der Waals surface area contributed by atoms with Crippen molar-refractivity contribution >= 4 is 23.5 Å². The molecule has 1 saturated carbocycles. The molecule has 0 aromatic heterocycles. The van der Waals surface area contributed by atoms with Crippen molar-refractivity contribution in [1.82, 2.24) is 4.90 Å². The van der Waals surface area contributed by atoms with E-state index in [0.717, 1.165) is 25.7 Å². The fraction of sp³-hybridized carbons (Fsp3) is 0.467. The number of carboxylic acids is 1. The van der Waals surface area contributed by atoms with Crippen LogP contribution < -0.4 is 0 Å². The molecule has 0 saturated heterocycles. The summed E-state index contributed by atoms with van der Waals surface area (Å²) in [6, 6.07) is 6.90. The third-order valence-electron chi connectivity index (χ3n) is 3.68. The van der Waals surface area contributed by atoms with E-state index >= 15 is 0 Å². The smallest absolute Gasteiger partial charge is 0.305 e. The Balaban J connectivity index is 2.13. The molecule has 0 radical (unpaired) electrons. The first kappa shape index (κ1) is 14.9. The molecular formula is C15H18ClNO3. The fourth-order valence-corrected chi connectivity index (χ4v) is 2.77. The first-order chi connectivity index (χ1) is 9.58. The average Bonchev–Trinajstić information content (AvgIpc) is 2.93. The third-order valence-corrected chi connectivity index (χ3v) is 3.94. The Hall–Kier alpha value is -1.55. The summed E-state index contributed by atoms with van der Waals surface area (Å²) in [5, 5.41) is 9.42. The van der Waals surface area contributed by atoms with Gasteiger partial charge in [0, 0.05) is 23.2 Å². The molecule has 0 heterocycles. The Morgan fingerprint density at radius 3 is 2.35 bits per heavy atom. The molecule has 1 aromatic carbocycles. The summed E-state index contributed by atoms with van der Waals surface area (Å²) < 4.78 is 0. The lowest BCUT2D eigenvalue weighted by molar-refractivity contribution is -0.137. The lowest BCUT2D eigenvalue weighted by atomic mass is 10.1. The van der Waals surface area contributed by atoms with Crippen LogP contribution in [0.15, 0.2) is 24.3 Å². The van der Waals surface area contributed by atoms with Gasteiger partial charge in [-0.05, 0) is 37.1 Å². The molecule has 4 nitrogen and oxygen atoms in total. The zero-order valence-electron chi connectivity index (χ0n) is 11.2. The van der Waals surface area contributed by atoms with Gasteiger partial charge in [-0.3, -0.25) is 9.59 Å². The lowest BCUT2D eigenvalue weighted by Crippen LogP contribution is -2.40. The maximum atomic E-state index is 12.5. The van der Waals surface area contributed by atoms with Crippen LogP contribution in [0.3, 0.4) is 0 Å². The van der Waals surface area contributed by atoms with Crippen LogP contribution in [0.4, 0.5) is 0 Å². The Kier molecular flexibility index (Phi) is 5.01. The number of halogens is 1. The second-order valence-electron chi connectivity index (χ2n) is 5.09. The largest absolute Gasteiger partial charge is 0.481 e. The topological polar surface area (TPSA) is 57.6 Å². The SMILES string of the molecule is O=C(O)CCN(C(=O)c1ccc(Cl)cc1)C1CCCC1. The quantitative estimate of drug-likeness (QED) is 0.907. The van der Waals surface area contributed by atoms with Crippen molar-refractivity contribution in [2.24, 2.45) is 0 Å². The van der Waals surface area contributed by atoms with Gasteiger partial charge >= 0.3 is 5.97 Å². The molecular weight excluding hydrogens is 278 g/mol. The van der Waals surface area contributed by atoms with Gasteiger partial charge in [0.1, 0.15) is 0 Å². The highest BCUT2D eigenvalue weighted by atomic mass is 35.5. The van der Waals surface area contributed by atoms with Crippen molar-refractivity contribution in [3.05, 3.63) is 34.9 Å². The van der Waals surface area contributed by atoms with E-state index in [1.165, 1.54) is 0 Å². The van der Waals surface area contributed by atoms with Crippen molar-refractivity contribution < 1.29 is 14.7 Å². The number of carbonyl (C=O) groups excluding carboxylic acids is 1. The van der Waals surface area contributed by atoms with E-state index in [1.807, 2.05) is 0 Å². The standard InChI is InChI=1S/C15H18ClNO3/c16-12-7-5-11(6-8-12)15(20)17(10-9-14(18)19)13-3-1-2-4-13/h5-8,13H,1-4,9-10H2,(H,18,19). The summed E-state index contributed by atoms with van der Waals surface area (Å²) in [5.41, 5.74) is 0.562. The molecule has 1 N–H and O–H groups in total. The summed E-state index contributed by atoms with van der Waals surface area (Å²) in [6.07, 6.45) is 4.10. The van der Waals surface area contributed by atoms with E-state index in [9.17, 15) is 9.59 Å². The van der Waals surface area contributed by atoms with Crippen LogP contribution in [0.2, 0.25) is 5.02 Å². The molecule has 1 aromatic rings. The van der Waals surface area contributed by atoms with E-state index in [0.29, 0.717) is 10.6 Å². The highest BCUT2D eigenvalue weighted by molar-refractivity contribution is 6.30. The number of nitrogens with zero attached hydrogens (tertiary/aromatic N) is 1. The first-order valence-corrected chi connectivity index (χ1v) is 7.24. The summed E-state index contributed by atoms with van der Waals surface area (Å²) in [6.45, 7) is 0.265. The van der Waals surface area contributed by atoms with Crippen LogP contribution in [-0.2, 0) is 4.79 Å². The zero-order valence-corrected chi connectivity index (χ0v) is 12.0. The Morgan fingerprint density at radius 1 is 1.20 bits per heavy atom. The van der Waals surface area contributed by atoms with Crippen molar-refractivity contribution in [2.75, 3.05) is 6.54 Å². The van der Waals surface area contributed by atoms with Gasteiger partial charge in [-0.25, -0.2) is 0 Å². The maximum absolute atomic E-state index is 12.5. The number of hydrogen-bond acceptors (Lipinski definition) is 2. The van der Waals surface area contributed by atoms with E-state index in [1.54, 1.807) is 29.2 Å². The van der Waals surface area contributed by atoms with Crippen LogP contribution >= 0.6 is 11.6 Å². The molecule has 0 bridgehead atoms. The average molecular weight is 296 g/mol. The number of amides is 1. The zero-order chi connectivity index (χ0) is 14.5. The Labute approximate surface area is 123 Å². The number of rotatable bonds is 5. The van der Waals surface area contributed by atoms with Crippen molar-refractivity contribution in [3.63, 3.8) is 0 Å². The van der Waals surface area contributed by atoms with Crippen LogP contribution in [0.5, 0.6) is 0 Å². The van der Waals surface area contributed by atoms with Gasteiger partial charge < -0.3 is 10.0 Å². The summed E-state index contributed by atoms with van der Waals surface area (Å²) in [5.74, 6) is -0.980. The van der Waals surface area contributed by atoms with Crippen molar-refractivity contribution in [2.45, 2.75) is 38.1 Å². The molecule has 0 atom stereocenters. The van der Waals surface area contributed by atoms with Crippen molar-refractivity contribution in [3.8, 4) is 0 Å². The molecule has 0 unspecified atom stereocenters. The van der Waals surface area contributed by atoms with Gasteiger partial charge in [0.2, 0.25) is 0 Å². The molecule has 5 heteroatoms. The molecule has 2 rings (SSSR count). The number of hydrogen-bond donors (Lipinski definition) is 1. The molecule has 1 aliphatic carbocycles. The van der Waals surface area contributed by atoms with Crippen LogP contribution in [0.25, 0.3) is 0 Å². The molecule has 1 amide bonds. The molecule has 20 heavy (non-hydrogen) atoms.